The highest BCUT2D eigenvalue weighted by Crippen LogP contribution is 2.30. The van der Waals surface area contributed by atoms with Gasteiger partial charge in [-0.3, -0.25) is 0 Å². The Morgan fingerprint density at radius 2 is 1.50 bits per heavy atom. The molecule has 160 valence electrons. The van der Waals surface area contributed by atoms with Gasteiger partial charge in [-0.2, -0.15) is 0 Å². The van der Waals surface area contributed by atoms with E-state index in [1.165, 1.54) is 27.2 Å². The molecule has 0 aromatic heterocycles. The normalized spacial score (nSPS) is 20.5. The van der Waals surface area contributed by atoms with Gasteiger partial charge in [-0.15, -0.1) is 0 Å². The van der Waals surface area contributed by atoms with Crippen molar-refractivity contribution in [3.63, 3.8) is 0 Å². The third-order valence-corrected chi connectivity index (χ3v) is 8.56. The van der Waals surface area contributed by atoms with Gasteiger partial charge in [-0.25, -0.2) is 13.1 Å². The monoisotopic (exact) mass is 424 g/mol. The highest BCUT2D eigenvalue weighted by molar-refractivity contribution is 7.90. The molecule has 1 aliphatic carbocycles. The van der Waals surface area contributed by atoms with E-state index in [-0.39, 0.29) is 6.04 Å². The second kappa shape index (κ2) is 8.20. The fourth-order valence-electron chi connectivity index (χ4n) is 4.26. The van der Waals surface area contributed by atoms with Crippen molar-refractivity contribution < 1.29 is 8.42 Å². The number of hydrogen-bond acceptors (Lipinski definition) is 3. The van der Waals surface area contributed by atoms with Gasteiger partial charge < -0.3 is 5.32 Å². The summed E-state index contributed by atoms with van der Waals surface area (Å²) in [6, 6.07) is 19.5. The summed E-state index contributed by atoms with van der Waals surface area (Å²) in [6.45, 7) is 6.17. The first-order valence-electron chi connectivity index (χ1n) is 10.9. The minimum Gasteiger partial charge on any atom is -0.384 e. The summed E-state index contributed by atoms with van der Waals surface area (Å²) in [5.74, 6) is 0.566. The van der Waals surface area contributed by atoms with E-state index in [1.54, 1.807) is 20.8 Å². The summed E-state index contributed by atoms with van der Waals surface area (Å²) < 4.78 is 27.0. The molecule has 3 aromatic rings. The predicted molar refractivity (Wildman–Crippen MR) is 127 cm³/mol. The van der Waals surface area contributed by atoms with Crippen molar-refractivity contribution in [2.75, 3.05) is 11.9 Å². The molecule has 0 unspecified atom stereocenters. The van der Waals surface area contributed by atoms with Crippen LogP contribution in [0.4, 0.5) is 5.69 Å². The van der Waals surface area contributed by atoms with Gasteiger partial charge in [0.05, 0.1) is 4.75 Å². The molecule has 0 spiro atoms. The Bertz CT molecular complexity index is 1140. The molecule has 1 saturated carbocycles. The van der Waals surface area contributed by atoms with Gasteiger partial charge in [-0.1, -0.05) is 36.4 Å². The summed E-state index contributed by atoms with van der Waals surface area (Å²) in [4.78, 5) is 0. The van der Waals surface area contributed by atoms with E-state index in [4.69, 9.17) is 0 Å². The first-order valence-corrected chi connectivity index (χ1v) is 12.4. The van der Waals surface area contributed by atoms with E-state index in [1.807, 2.05) is 0 Å². The topological polar surface area (TPSA) is 58.2 Å². The Hall–Kier alpha value is -2.11. The van der Waals surface area contributed by atoms with Crippen molar-refractivity contribution in [1.29, 1.82) is 0 Å². The van der Waals surface area contributed by atoms with Crippen molar-refractivity contribution in [3.8, 4) is 0 Å². The standard InChI is InChI=1S/C25H32N2O2S/c1-25(2,3)30(28,29)27-22-13-11-18(12-14-22)17-26-24-10-6-9-21-15-19-7-4-5-8-20(19)16-23(21)24/h4-10,15-16,18,22,26-27H,11-14,17H2,1-3H3. The molecule has 1 fully saturated rings. The minimum absolute atomic E-state index is 0.0643. The van der Waals surface area contributed by atoms with E-state index >= 15 is 0 Å². The number of nitrogens with one attached hydrogen (secondary N) is 2. The summed E-state index contributed by atoms with van der Waals surface area (Å²) in [6.07, 6.45) is 3.89. The molecule has 4 nitrogen and oxygen atoms in total. The van der Waals surface area contributed by atoms with Gasteiger partial charge in [0.25, 0.3) is 0 Å². The summed E-state index contributed by atoms with van der Waals surface area (Å²) in [7, 11) is -3.28. The summed E-state index contributed by atoms with van der Waals surface area (Å²) >= 11 is 0. The van der Waals surface area contributed by atoms with E-state index in [0.29, 0.717) is 5.92 Å². The van der Waals surface area contributed by atoms with Crippen molar-refractivity contribution in [3.05, 3.63) is 54.6 Å². The first kappa shape index (κ1) is 21.1. The highest BCUT2D eigenvalue weighted by Gasteiger charge is 2.32. The Morgan fingerprint density at radius 3 is 2.17 bits per heavy atom. The fraction of sp³-hybridized carbons (Fsp3) is 0.440. The molecule has 0 amide bonds. The lowest BCUT2D eigenvalue weighted by Gasteiger charge is -2.31. The number of fused-ring (bicyclic) bond motifs is 2. The Labute approximate surface area is 180 Å². The molecule has 30 heavy (non-hydrogen) atoms. The lowest BCUT2D eigenvalue weighted by atomic mass is 9.86. The highest BCUT2D eigenvalue weighted by atomic mass is 32.2. The number of rotatable bonds is 5. The molecule has 0 atom stereocenters. The molecular weight excluding hydrogens is 392 g/mol. The Balaban J connectivity index is 1.39. The van der Waals surface area contributed by atoms with Crippen LogP contribution in [0.25, 0.3) is 21.5 Å². The molecule has 5 heteroatoms. The van der Waals surface area contributed by atoms with Crippen molar-refractivity contribution >= 4 is 37.3 Å². The van der Waals surface area contributed by atoms with Gasteiger partial charge in [0.2, 0.25) is 10.0 Å². The number of sulfonamides is 1. The molecule has 2 N–H and O–H groups in total. The van der Waals surface area contributed by atoms with E-state index in [2.05, 4.69) is 64.6 Å². The first-order chi connectivity index (χ1) is 14.2. The Kier molecular flexibility index (Phi) is 5.78. The smallest absolute Gasteiger partial charge is 0.216 e. The predicted octanol–water partition coefficient (Wildman–Crippen LogP) is 5.68. The third-order valence-electron chi connectivity index (χ3n) is 6.30. The van der Waals surface area contributed by atoms with Crippen molar-refractivity contribution in [2.24, 2.45) is 5.92 Å². The van der Waals surface area contributed by atoms with Crippen LogP contribution in [0.1, 0.15) is 46.5 Å². The lowest BCUT2D eigenvalue weighted by molar-refractivity contribution is 0.322. The van der Waals surface area contributed by atoms with E-state index < -0.39 is 14.8 Å². The number of anilines is 1. The van der Waals surface area contributed by atoms with Crippen LogP contribution >= 0.6 is 0 Å². The summed E-state index contributed by atoms with van der Waals surface area (Å²) in [5.41, 5.74) is 1.17. The fourth-order valence-corrected chi connectivity index (χ4v) is 5.28. The lowest BCUT2D eigenvalue weighted by Crippen LogP contribution is -2.46. The van der Waals surface area contributed by atoms with Crippen LogP contribution in [0.15, 0.2) is 54.6 Å². The van der Waals surface area contributed by atoms with Crippen LogP contribution in [0.5, 0.6) is 0 Å². The molecule has 0 bridgehead atoms. The van der Waals surface area contributed by atoms with Crippen LogP contribution in [-0.2, 0) is 10.0 Å². The largest absolute Gasteiger partial charge is 0.384 e. The zero-order valence-electron chi connectivity index (χ0n) is 18.1. The molecule has 1 aliphatic rings. The Morgan fingerprint density at radius 1 is 0.867 bits per heavy atom. The molecule has 0 heterocycles. The van der Waals surface area contributed by atoms with E-state index in [9.17, 15) is 8.42 Å². The number of hydrogen-bond donors (Lipinski definition) is 2. The maximum Gasteiger partial charge on any atom is 0.216 e. The maximum atomic E-state index is 12.4. The van der Waals surface area contributed by atoms with Crippen molar-refractivity contribution in [2.45, 2.75) is 57.2 Å². The van der Waals surface area contributed by atoms with E-state index in [0.717, 1.165) is 32.2 Å². The average Bonchev–Trinajstić information content (AvgIpc) is 2.70. The number of benzene rings is 3. The second-order valence-electron chi connectivity index (χ2n) is 9.56. The molecule has 4 rings (SSSR count). The third kappa shape index (κ3) is 4.47. The van der Waals surface area contributed by atoms with Crippen molar-refractivity contribution in [1.82, 2.24) is 4.72 Å². The van der Waals surface area contributed by atoms with Gasteiger partial charge in [0.1, 0.15) is 0 Å². The minimum atomic E-state index is -3.28. The quantitative estimate of drug-likeness (QED) is 0.518. The summed E-state index contributed by atoms with van der Waals surface area (Å²) in [5, 5.41) is 8.69. The molecule has 3 aromatic carbocycles. The molecule has 0 saturated heterocycles. The van der Waals surface area contributed by atoms with Crippen LogP contribution in [0, 0.1) is 5.92 Å². The zero-order valence-corrected chi connectivity index (χ0v) is 18.9. The molecule has 0 radical (unpaired) electrons. The van der Waals surface area contributed by atoms with Gasteiger partial charge in [0.15, 0.2) is 0 Å². The SMILES string of the molecule is CC(C)(C)S(=O)(=O)NC1CCC(CNc2cccc3cc4ccccc4cc23)CC1. The van der Waals surface area contributed by atoms with Crippen LogP contribution in [-0.4, -0.2) is 25.8 Å². The molecular formula is C25H32N2O2S. The maximum absolute atomic E-state index is 12.4. The van der Waals surface area contributed by atoms with Gasteiger partial charge in [0, 0.05) is 23.7 Å². The van der Waals surface area contributed by atoms with Crippen LogP contribution < -0.4 is 10.0 Å². The van der Waals surface area contributed by atoms with Gasteiger partial charge in [-0.05, 0) is 86.7 Å². The molecule has 0 aliphatic heterocycles. The average molecular weight is 425 g/mol. The van der Waals surface area contributed by atoms with Crippen LogP contribution in [0.3, 0.4) is 0 Å². The zero-order chi connectivity index (χ0) is 21.4. The van der Waals surface area contributed by atoms with Gasteiger partial charge >= 0.3 is 0 Å². The second-order valence-corrected chi connectivity index (χ2v) is 12.0. The van der Waals surface area contributed by atoms with Crippen LogP contribution in [0.2, 0.25) is 0 Å².